The lowest BCUT2D eigenvalue weighted by Crippen LogP contribution is -2.03. The van der Waals surface area contributed by atoms with Gasteiger partial charge in [0.1, 0.15) is 0 Å². The van der Waals surface area contributed by atoms with Crippen LogP contribution < -0.4 is 0 Å². The third-order valence-corrected chi connectivity index (χ3v) is 3.10. The van der Waals surface area contributed by atoms with Crippen molar-refractivity contribution in [1.82, 2.24) is 0 Å². The molecule has 0 aliphatic heterocycles. The number of allylic oxidation sites excluding steroid dienone is 2. The standard InChI is InChI=1S/C19H20O/c20-19(16-15-18-11-5-2-6-12-18)14-8-7-13-17-9-3-1-4-10-17/h1-14,19-20H,15-16H2/b13-7+,14-8+. The van der Waals surface area contributed by atoms with E-state index >= 15 is 0 Å². The highest BCUT2D eigenvalue weighted by Gasteiger charge is 1.99. The van der Waals surface area contributed by atoms with E-state index in [1.165, 1.54) is 5.56 Å². The van der Waals surface area contributed by atoms with Crippen LogP contribution in [0.3, 0.4) is 0 Å². The molecule has 0 aliphatic carbocycles. The van der Waals surface area contributed by atoms with Gasteiger partial charge < -0.3 is 5.11 Å². The van der Waals surface area contributed by atoms with Crippen molar-refractivity contribution in [3.05, 3.63) is 90.0 Å². The number of aliphatic hydroxyl groups excluding tert-OH is 1. The summed E-state index contributed by atoms with van der Waals surface area (Å²) in [6.07, 6.45) is 8.98. The molecule has 1 nitrogen and oxygen atoms in total. The van der Waals surface area contributed by atoms with Crippen molar-refractivity contribution in [2.75, 3.05) is 0 Å². The maximum Gasteiger partial charge on any atom is 0.0727 e. The molecular formula is C19H20O. The molecule has 20 heavy (non-hydrogen) atoms. The molecular weight excluding hydrogens is 244 g/mol. The molecule has 0 heterocycles. The minimum absolute atomic E-state index is 0.393. The fourth-order valence-corrected chi connectivity index (χ4v) is 1.98. The van der Waals surface area contributed by atoms with E-state index in [9.17, 15) is 5.11 Å². The minimum atomic E-state index is -0.393. The largest absolute Gasteiger partial charge is 0.389 e. The Morgan fingerprint density at radius 1 is 0.850 bits per heavy atom. The lowest BCUT2D eigenvalue weighted by atomic mass is 10.1. The summed E-state index contributed by atoms with van der Waals surface area (Å²) in [5.41, 5.74) is 2.43. The molecule has 102 valence electrons. The fraction of sp³-hybridized carbons (Fsp3) is 0.158. The first-order valence-electron chi connectivity index (χ1n) is 6.96. The smallest absolute Gasteiger partial charge is 0.0727 e. The molecule has 2 rings (SSSR count). The van der Waals surface area contributed by atoms with Gasteiger partial charge in [-0.05, 0) is 24.0 Å². The molecule has 0 bridgehead atoms. The topological polar surface area (TPSA) is 20.2 Å². The molecule has 0 aromatic heterocycles. The zero-order valence-electron chi connectivity index (χ0n) is 11.5. The Morgan fingerprint density at radius 2 is 1.50 bits per heavy atom. The SMILES string of the molecule is OC(/C=C/C=C/c1ccccc1)CCc1ccccc1. The highest BCUT2D eigenvalue weighted by Crippen LogP contribution is 2.06. The molecule has 0 saturated heterocycles. The third-order valence-electron chi connectivity index (χ3n) is 3.10. The molecule has 2 aromatic rings. The Bertz CT molecular complexity index is 540. The van der Waals surface area contributed by atoms with E-state index in [-0.39, 0.29) is 0 Å². The second-order valence-corrected chi connectivity index (χ2v) is 4.75. The van der Waals surface area contributed by atoms with E-state index < -0.39 is 6.10 Å². The van der Waals surface area contributed by atoms with Crippen LogP contribution in [0.4, 0.5) is 0 Å². The second kappa shape index (κ2) is 8.13. The molecule has 1 unspecified atom stereocenters. The van der Waals surface area contributed by atoms with Crippen LogP contribution in [0.15, 0.2) is 78.9 Å². The average Bonchev–Trinajstić information content (AvgIpc) is 2.52. The summed E-state index contributed by atoms with van der Waals surface area (Å²) in [6.45, 7) is 0. The lowest BCUT2D eigenvalue weighted by molar-refractivity contribution is 0.213. The van der Waals surface area contributed by atoms with Gasteiger partial charge >= 0.3 is 0 Å². The molecule has 0 radical (unpaired) electrons. The number of benzene rings is 2. The normalized spacial score (nSPS) is 13.1. The summed E-state index contributed by atoms with van der Waals surface area (Å²) in [4.78, 5) is 0. The van der Waals surface area contributed by atoms with E-state index in [2.05, 4.69) is 24.3 Å². The first-order valence-corrected chi connectivity index (χ1v) is 6.96. The van der Waals surface area contributed by atoms with Gasteiger partial charge in [0.05, 0.1) is 6.10 Å². The molecule has 0 fully saturated rings. The van der Waals surface area contributed by atoms with Gasteiger partial charge in [0.2, 0.25) is 0 Å². The Morgan fingerprint density at radius 3 is 2.20 bits per heavy atom. The van der Waals surface area contributed by atoms with E-state index in [4.69, 9.17) is 0 Å². The number of aliphatic hydroxyl groups is 1. The van der Waals surface area contributed by atoms with Crippen molar-refractivity contribution in [3.8, 4) is 0 Å². The van der Waals surface area contributed by atoms with Crippen molar-refractivity contribution < 1.29 is 5.11 Å². The van der Waals surface area contributed by atoms with Gasteiger partial charge in [-0.2, -0.15) is 0 Å². The Kier molecular flexibility index (Phi) is 5.81. The maximum atomic E-state index is 9.89. The van der Waals surface area contributed by atoms with Crippen LogP contribution in [-0.2, 0) is 6.42 Å². The highest BCUT2D eigenvalue weighted by molar-refractivity contribution is 5.50. The van der Waals surface area contributed by atoms with Crippen LogP contribution in [0.2, 0.25) is 0 Å². The van der Waals surface area contributed by atoms with Crippen molar-refractivity contribution in [2.24, 2.45) is 0 Å². The molecule has 1 N–H and O–H groups in total. The van der Waals surface area contributed by atoms with Crippen LogP contribution in [0, 0.1) is 0 Å². The summed E-state index contributed by atoms with van der Waals surface area (Å²) in [7, 11) is 0. The summed E-state index contributed by atoms with van der Waals surface area (Å²) >= 11 is 0. The molecule has 0 aliphatic rings. The highest BCUT2D eigenvalue weighted by atomic mass is 16.3. The Labute approximate surface area is 120 Å². The van der Waals surface area contributed by atoms with Gasteiger partial charge in [0.25, 0.3) is 0 Å². The van der Waals surface area contributed by atoms with Gasteiger partial charge in [-0.25, -0.2) is 0 Å². The van der Waals surface area contributed by atoms with Gasteiger partial charge in [-0.3, -0.25) is 0 Å². The average molecular weight is 264 g/mol. The van der Waals surface area contributed by atoms with Crippen molar-refractivity contribution >= 4 is 6.08 Å². The molecule has 1 atom stereocenters. The quantitative estimate of drug-likeness (QED) is 0.773. The molecule has 0 spiro atoms. The van der Waals surface area contributed by atoms with Gasteiger partial charge in [-0.15, -0.1) is 0 Å². The number of rotatable bonds is 6. The van der Waals surface area contributed by atoms with Crippen molar-refractivity contribution in [1.29, 1.82) is 0 Å². The van der Waals surface area contributed by atoms with Crippen molar-refractivity contribution in [3.63, 3.8) is 0 Å². The van der Waals surface area contributed by atoms with E-state index in [0.29, 0.717) is 0 Å². The second-order valence-electron chi connectivity index (χ2n) is 4.75. The Balaban J connectivity index is 1.75. The first-order chi connectivity index (χ1) is 9.84. The van der Waals surface area contributed by atoms with Gasteiger partial charge in [-0.1, -0.05) is 85.0 Å². The predicted molar refractivity (Wildman–Crippen MR) is 85.4 cm³/mol. The number of hydrogen-bond acceptors (Lipinski definition) is 1. The van der Waals surface area contributed by atoms with Crippen LogP contribution in [-0.4, -0.2) is 11.2 Å². The maximum absolute atomic E-state index is 9.89. The summed E-state index contributed by atoms with van der Waals surface area (Å²) in [5, 5.41) is 9.89. The Hall–Kier alpha value is -2.12. The fourth-order valence-electron chi connectivity index (χ4n) is 1.98. The third kappa shape index (κ3) is 5.25. The molecule has 1 heteroatoms. The molecule has 0 saturated carbocycles. The van der Waals surface area contributed by atoms with Crippen molar-refractivity contribution in [2.45, 2.75) is 18.9 Å². The van der Waals surface area contributed by atoms with Crippen LogP contribution >= 0.6 is 0 Å². The summed E-state index contributed by atoms with van der Waals surface area (Å²) < 4.78 is 0. The number of hydrogen-bond donors (Lipinski definition) is 1. The van der Waals surface area contributed by atoms with Crippen LogP contribution in [0.5, 0.6) is 0 Å². The summed E-state index contributed by atoms with van der Waals surface area (Å²) in [5.74, 6) is 0. The summed E-state index contributed by atoms with van der Waals surface area (Å²) in [6, 6.07) is 20.4. The zero-order chi connectivity index (χ0) is 14.0. The van der Waals surface area contributed by atoms with E-state index in [0.717, 1.165) is 18.4 Å². The van der Waals surface area contributed by atoms with Gasteiger partial charge in [0, 0.05) is 0 Å². The van der Waals surface area contributed by atoms with E-state index in [1.54, 1.807) is 0 Å². The monoisotopic (exact) mass is 264 g/mol. The number of aryl methyl sites for hydroxylation is 1. The van der Waals surface area contributed by atoms with Gasteiger partial charge in [0.15, 0.2) is 0 Å². The van der Waals surface area contributed by atoms with Crippen LogP contribution in [0.25, 0.3) is 6.08 Å². The predicted octanol–water partition coefficient (Wildman–Crippen LogP) is 4.25. The van der Waals surface area contributed by atoms with Crippen LogP contribution in [0.1, 0.15) is 17.5 Å². The van der Waals surface area contributed by atoms with E-state index in [1.807, 2.05) is 60.7 Å². The first kappa shape index (κ1) is 14.3. The minimum Gasteiger partial charge on any atom is -0.389 e. The zero-order valence-corrected chi connectivity index (χ0v) is 11.5. The lowest BCUT2D eigenvalue weighted by Gasteiger charge is -2.04. The molecule has 0 amide bonds. The molecule has 2 aromatic carbocycles.